The third kappa shape index (κ3) is 66.2. The fraction of sp³-hybridized carbons (Fsp3) is 0.775. The van der Waals surface area contributed by atoms with E-state index in [-0.39, 0.29) is 38.6 Å². The van der Waals surface area contributed by atoms with Crippen molar-refractivity contribution in [2.24, 2.45) is 5.73 Å². The van der Waals surface area contributed by atoms with Gasteiger partial charge in [-0.25, -0.2) is 4.57 Å². The number of carbonyl (C=O) groups excluding carboxylic acids is 2. The molecule has 0 aliphatic heterocycles. The van der Waals surface area contributed by atoms with E-state index in [0.29, 0.717) is 6.42 Å². The monoisotopic (exact) mass is 1150 g/mol. The number of phosphoric ester groups is 1. The van der Waals surface area contributed by atoms with Gasteiger partial charge < -0.3 is 20.1 Å². The minimum absolute atomic E-state index is 0.0518. The van der Waals surface area contributed by atoms with Gasteiger partial charge >= 0.3 is 19.8 Å². The van der Waals surface area contributed by atoms with Gasteiger partial charge in [0.1, 0.15) is 6.61 Å². The number of esters is 2. The maximum Gasteiger partial charge on any atom is 0.472 e. The van der Waals surface area contributed by atoms with E-state index < -0.39 is 26.5 Å². The normalized spacial score (nSPS) is 13.5. The zero-order valence-electron chi connectivity index (χ0n) is 52.8. The highest BCUT2D eigenvalue weighted by Crippen LogP contribution is 2.43. The Labute approximate surface area is 500 Å². The van der Waals surface area contributed by atoms with Crippen LogP contribution in [0.2, 0.25) is 0 Å². The van der Waals surface area contributed by atoms with Gasteiger partial charge in [-0.2, -0.15) is 0 Å². The van der Waals surface area contributed by atoms with Gasteiger partial charge in [-0.15, -0.1) is 0 Å². The summed E-state index contributed by atoms with van der Waals surface area (Å²) in [5, 5.41) is 0. The molecule has 0 bridgehead atoms. The van der Waals surface area contributed by atoms with E-state index in [2.05, 4.69) is 98.9 Å². The lowest BCUT2D eigenvalue weighted by Gasteiger charge is -2.19. The summed E-state index contributed by atoms with van der Waals surface area (Å²) in [6.45, 7) is 3.66. The molecule has 2 atom stereocenters. The second-order valence-electron chi connectivity index (χ2n) is 22.7. The summed E-state index contributed by atoms with van der Waals surface area (Å²) in [6, 6.07) is 0. The van der Waals surface area contributed by atoms with E-state index in [1.165, 1.54) is 212 Å². The predicted octanol–water partition coefficient (Wildman–Crippen LogP) is 22.2. The number of phosphoric acid groups is 1. The molecule has 470 valence electrons. The molecular formula is C71H128NO8P. The van der Waals surface area contributed by atoms with Crippen molar-refractivity contribution in [1.29, 1.82) is 0 Å². The maximum absolute atomic E-state index is 12.8. The molecule has 0 heterocycles. The Kier molecular flexibility index (Phi) is 64.0. The first-order valence-electron chi connectivity index (χ1n) is 34.1. The second-order valence-corrected chi connectivity index (χ2v) is 24.1. The molecule has 9 nitrogen and oxygen atoms in total. The SMILES string of the molecule is CC/C=C\C/C=C\C/C=C\C/C=C\C/C=C\CCCCCCCCCCCCCCCC(=O)OC(COC(=O)CCCCCCCCCCCCCCCCCCCCC/C=C\C/C=C\CCCCCCC)COP(=O)(O)OCCN. The standard InChI is InChI=1S/C71H128NO8P/c1-3-5-7-9-11-13-15-17-19-21-23-25-27-29-31-33-34-36-37-39-41-43-45-47-49-51-53-55-57-59-61-63-70(73)77-67-69(68-79-81(75,76)78-66-65-72)80-71(74)64-62-60-58-56-54-52-50-48-46-44-42-40-38-35-32-30-28-26-24-22-20-18-16-14-12-10-8-6-4-2/h6,8,12,14-15,17-18,20-21,23-24,26,30,32,69H,3-5,7,9-11,13,16,19,22,25,27-29,31,33-68,72H2,1-2H3,(H,75,76)/b8-6-,14-12-,17-15-,20-18-,23-21-,26-24-,32-30-. The van der Waals surface area contributed by atoms with Crippen molar-refractivity contribution < 1.29 is 37.6 Å². The molecule has 10 heteroatoms. The molecule has 0 fully saturated rings. The van der Waals surface area contributed by atoms with E-state index in [1.807, 2.05) is 0 Å². The Balaban J connectivity index is 3.88. The van der Waals surface area contributed by atoms with Crippen molar-refractivity contribution in [3.05, 3.63) is 85.1 Å². The Hall–Kier alpha value is -2.81. The summed E-state index contributed by atoms with van der Waals surface area (Å²) in [5.74, 6) is -0.818. The molecule has 0 aromatic rings. The van der Waals surface area contributed by atoms with Gasteiger partial charge in [0.25, 0.3) is 0 Å². The first kappa shape index (κ1) is 78.2. The minimum atomic E-state index is -4.40. The lowest BCUT2D eigenvalue weighted by Crippen LogP contribution is -2.29. The molecule has 0 aliphatic rings. The summed E-state index contributed by atoms with van der Waals surface area (Å²) >= 11 is 0. The molecule has 0 radical (unpaired) electrons. The molecule has 0 rings (SSSR count). The summed E-state index contributed by atoms with van der Waals surface area (Å²) in [4.78, 5) is 35.3. The number of carbonyl (C=O) groups is 2. The number of ether oxygens (including phenoxy) is 2. The van der Waals surface area contributed by atoms with Gasteiger partial charge in [-0.1, -0.05) is 304 Å². The second kappa shape index (κ2) is 66.3. The molecule has 2 unspecified atom stereocenters. The smallest absolute Gasteiger partial charge is 0.462 e. The molecule has 0 aromatic heterocycles. The number of unbranched alkanes of at least 4 members (excludes halogenated alkanes) is 37. The molecule has 3 N–H and O–H groups in total. The van der Waals surface area contributed by atoms with Crippen LogP contribution in [0.5, 0.6) is 0 Å². The molecule has 0 saturated heterocycles. The van der Waals surface area contributed by atoms with Gasteiger partial charge in [0.05, 0.1) is 13.2 Å². The molecule has 0 aromatic carbocycles. The van der Waals surface area contributed by atoms with Crippen LogP contribution in [0, 0.1) is 0 Å². The average Bonchev–Trinajstić information content (AvgIpc) is 3.46. The first-order chi connectivity index (χ1) is 39.8. The van der Waals surface area contributed by atoms with Crippen LogP contribution in [0.1, 0.15) is 322 Å². The molecule has 81 heavy (non-hydrogen) atoms. The Morgan fingerprint density at radius 2 is 0.679 bits per heavy atom. The highest BCUT2D eigenvalue weighted by molar-refractivity contribution is 7.47. The van der Waals surface area contributed by atoms with Crippen molar-refractivity contribution in [3.63, 3.8) is 0 Å². The van der Waals surface area contributed by atoms with Crippen LogP contribution in [0.15, 0.2) is 85.1 Å². The number of hydrogen-bond donors (Lipinski definition) is 2. The van der Waals surface area contributed by atoms with Crippen molar-refractivity contribution in [1.82, 2.24) is 0 Å². The van der Waals surface area contributed by atoms with Gasteiger partial charge in [0.15, 0.2) is 6.10 Å². The van der Waals surface area contributed by atoms with Gasteiger partial charge in [-0.3, -0.25) is 18.6 Å². The van der Waals surface area contributed by atoms with Crippen molar-refractivity contribution in [3.8, 4) is 0 Å². The number of rotatable bonds is 64. The largest absolute Gasteiger partial charge is 0.472 e. The van der Waals surface area contributed by atoms with Crippen LogP contribution >= 0.6 is 7.82 Å². The quantitative estimate of drug-likeness (QED) is 0.0264. The fourth-order valence-electron chi connectivity index (χ4n) is 9.76. The van der Waals surface area contributed by atoms with Crippen molar-refractivity contribution >= 4 is 19.8 Å². The predicted molar refractivity (Wildman–Crippen MR) is 349 cm³/mol. The average molecular weight is 1150 g/mol. The van der Waals surface area contributed by atoms with Gasteiger partial charge in [0.2, 0.25) is 0 Å². The summed E-state index contributed by atoms with van der Waals surface area (Å²) < 4.78 is 33.2. The van der Waals surface area contributed by atoms with Crippen molar-refractivity contribution in [2.75, 3.05) is 26.4 Å². The van der Waals surface area contributed by atoms with E-state index >= 15 is 0 Å². The highest BCUT2D eigenvalue weighted by atomic mass is 31.2. The van der Waals surface area contributed by atoms with Crippen molar-refractivity contribution in [2.45, 2.75) is 328 Å². The zero-order chi connectivity index (χ0) is 58.7. The first-order valence-corrected chi connectivity index (χ1v) is 35.6. The van der Waals surface area contributed by atoms with Crippen LogP contribution in [0.4, 0.5) is 0 Å². The highest BCUT2D eigenvalue weighted by Gasteiger charge is 2.26. The van der Waals surface area contributed by atoms with E-state index in [0.717, 1.165) is 77.0 Å². The Morgan fingerprint density at radius 1 is 0.383 bits per heavy atom. The lowest BCUT2D eigenvalue weighted by molar-refractivity contribution is -0.161. The zero-order valence-corrected chi connectivity index (χ0v) is 53.7. The molecule has 0 spiro atoms. The fourth-order valence-corrected chi connectivity index (χ4v) is 10.5. The van der Waals surface area contributed by atoms with E-state index in [9.17, 15) is 19.0 Å². The molecule has 0 saturated carbocycles. The number of nitrogens with two attached hydrogens (primary N) is 1. The summed E-state index contributed by atoms with van der Waals surface area (Å²) in [7, 11) is -4.40. The Morgan fingerprint density at radius 3 is 1.01 bits per heavy atom. The third-order valence-corrected chi connectivity index (χ3v) is 15.7. The van der Waals surface area contributed by atoms with Crippen LogP contribution in [-0.4, -0.2) is 49.3 Å². The van der Waals surface area contributed by atoms with E-state index in [4.69, 9.17) is 24.3 Å². The summed E-state index contributed by atoms with van der Waals surface area (Å²) in [6.07, 6.45) is 88.1. The minimum Gasteiger partial charge on any atom is -0.462 e. The van der Waals surface area contributed by atoms with Crippen LogP contribution in [-0.2, 0) is 32.7 Å². The topological polar surface area (TPSA) is 134 Å². The van der Waals surface area contributed by atoms with Crippen LogP contribution < -0.4 is 5.73 Å². The maximum atomic E-state index is 12.8. The number of hydrogen-bond acceptors (Lipinski definition) is 8. The van der Waals surface area contributed by atoms with Gasteiger partial charge in [0, 0.05) is 19.4 Å². The van der Waals surface area contributed by atoms with E-state index in [1.54, 1.807) is 0 Å². The van der Waals surface area contributed by atoms with Crippen LogP contribution in [0.3, 0.4) is 0 Å². The molecule has 0 amide bonds. The number of allylic oxidation sites excluding steroid dienone is 14. The lowest BCUT2D eigenvalue weighted by atomic mass is 10.0. The molecular weight excluding hydrogens is 1030 g/mol. The molecule has 0 aliphatic carbocycles. The Bertz CT molecular complexity index is 1600. The van der Waals surface area contributed by atoms with Gasteiger partial charge in [-0.05, 0) is 89.9 Å². The third-order valence-electron chi connectivity index (χ3n) is 14.8. The van der Waals surface area contributed by atoms with Crippen LogP contribution in [0.25, 0.3) is 0 Å². The summed E-state index contributed by atoms with van der Waals surface area (Å²) in [5.41, 5.74) is 5.40.